The van der Waals surface area contributed by atoms with Crippen LogP contribution in [0, 0.1) is 0 Å². The van der Waals surface area contributed by atoms with E-state index in [1.165, 1.54) is 18.2 Å². The minimum Gasteiger partial charge on any atom is -0.289 e. The topological polar surface area (TPSA) is 143 Å². The van der Waals surface area contributed by atoms with Crippen LogP contribution in [-0.2, 0) is 40.7 Å². The van der Waals surface area contributed by atoms with Crippen LogP contribution >= 0.6 is 0 Å². The quantitative estimate of drug-likeness (QED) is 0.443. The Bertz CT molecular complexity index is 1400. The molecular formula is C19H15NO8S2. The highest BCUT2D eigenvalue weighted by Gasteiger charge is 2.79. The number of hydrogen-bond donors (Lipinski definition) is 1. The minimum atomic E-state index is -4.04. The predicted octanol–water partition coefficient (Wildman–Crippen LogP) is 0.423. The van der Waals surface area contributed by atoms with Crippen LogP contribution in [-0.4, -0.2) is 46.6 Å². The Kier molecular flexibility index (Phi) is 3.66. The molecule has 2 aromatic carbocycles. The van der Waals surface area contributed by atoms with Crippen molar-refractivity contribution in [1.29, 1.82) is 0 Å². The number of rotatable bonds is 4. The van der Waals surface area contributed by atoms with Crippen molar-refractivity contribution in [2.45, 2.75) is 17.9 Å². The number of hydrogen-bond acceptors (Lipinski definition) is 9. The van der Waals surface area contributed by atoms with Gasteiger partial charge in [0.25, 0.3) is 20.2 Å². The highest BCUT2D eigenvalue weighted by atomic mass is 32.2. The van der Waals surface area contributed by atoms with Gasteiger partial charge in [0.05, 0.1) is 12.5 Å². The summed E-state index contributed by atoms with van der Waals surface area (Å²) in [6.07, 6.45) is 1.49. The number of carbonyl (C=O) groups excluding carboxylic acids is 2. The summed E-state index contributed by atoms with van der Waals surface area (Å²) in [6.45, 7) is 0. The molecule has 1 heterocycles. The van der Waals surface area contributed by atoms with Crippen molar-refractivity contribution in [2.75, 3.05) is 12.5 Å². The summed E-state index contributed by atoms with van der Waals surface area (Å²) in [5.41, 5.74) is -2.16. The molecule has 1 saturated heterocycles. The second-order valence-corrected chi connectivity index (χ2v) is 10.8. The molecule has 0 unspecified atom stereocenters. The van der Waals surface area contributed by atoms with Gasteiger partial charge >= 0.3 is 0 Å². The van der Waals surface area contributed by atoms with E-state index < -0.39 is 37.5 Å². The van der Waals surface area contributed by atoms with Crippen molar-refractivity contribution >= 4 is 31.8 Å². The van der Waals surface area contributed by atoms with Crippen LogP contribution in [0.1, 0.15) is 43.0 Å². The van der Waals surface area contributed by atoms with E-state index in [-0.39, 0.29) is 40.0 Å². The van der Waals surface area contributed by atoms with E-state index in [0.29, 0.717) is 5.56 Å². The SMILES string of the molecule is CS(=O)(=O)O[C@@]12Cc3c(ccc4c3C(=O)c3ccccc3C4=O)[C@]1(OS(C)(=O)=O)N2. The number of ketones is 2. The summed E-state index contributed by atoms with van der Waals surface area (Å²) in [7, 11) is -8.06. The fourth-order valence-corrected chi connectivity index (χ4v) is 5.91. The molecule has 5 rings (SSSR count). The van der Waals surface area contributed by atoms with Gasteiger partial charge in [0.1, 0.15) is 0 Å². The Morgan fingerprint density at radius 1 is 0.833 bits per heavy atom. The molecule has 1 fully saturated rings. The Labute approximate surface area is 172 Å². The van der Waals surface area contributed by atoms with Crippen LogP contribution in [0.4, 0.5) is 0 Å². The lowest BCUT2D eigenvalue weighted by atomic mass is 9.80. The second-order valence-electron chi connectivity index (χ2n) is 7.60. The smallest absolute Gasteiger partial charge is 0.266 e. The van der Waals surface area contributed by atoms with E-state index in [9.17, 15) is 26.4 Å². The van der Waals surface area contributed by atoms with Gasteiger partial charge in [-0.05, 0) is 11.6 Å². The van der Waals surface area contributed by atoms with Crippen molar-refractivity contribution in [2.24, 2.45) is 0 Å². The molecule has 0 amide bonds. The normalized spacial score (nSPS) is 26.6. The zero-order chi connectivity index (χ0) is 21.7. The van der Waals surface area contributed by atoms with Crippen molar-refractivity contribution in [3.05, 3.63) is 69.8 Å². The van der Waals surface area contributed by atoms with Gasteiger partial charge in [-0.3, -0.25) is 9.59 Å². The molecule has 2 atom stereocenters. The van der Waals surface area contributed by atoms with Gasteiger partial charge in [0.2, 0.25) is 5.72 Å². The molecule has 0 spiro atoms. The van der Waals surface area contributed by atoms with Crippen molar-refractivity contribution < 1.29 is 34.8 Å². The van der Waals surface area contributed by atoms with Gasteiger partial charge in [0, 0.05) is 34.2 Å². The molecule has 11 heteroatoms. The highest BCUT2D eigenvalue weighted by Crippen LogP contribution is 2.60. The van der Waals surface area contributed by atoms with E-state index in [2.05, 4.69) is 5.32 Å². The number of nitrogens with one attached hydrogen (secondary N) is 1. The molecule has 3 aliphatic rings. The number of fused-ring (bicyclic) bond motifs is 6. The molecule has 0 saturated carbocycles. The molecule has 2 aliphatic carbocycles. The van der Waals surface area contributed by atoms with Crippen LogP contribution in [0.5, 0.6) is 0 Å². The molecule has 0 radical (unpaired) electrons. The molecule has 1 aliphatic heterocycles. The zero-order valence-corrected chi connectivity index (χ0v) is 17.4. The first kappa shape index (κ1) is 19.5. The molecule has 0 bridgehead atoms. The summed E-state index contributed by atoms with van der Waals surface area (Å²) >= 11 is 0. The summed E-state index contributed by atoms with van der Waals surface area (Å²) in [5, 5.41) is 2.72. The molecular weight excluding hydrogens is 434 g/mol. The zero-order valence-electron chi connectivity index (χ0n) is 15.8. The highest BCUT2D eigenvalue weighted by molar-refractivity contribution is 7.86. The van der Waals surface area contributed by atoms with E-state index in [4.69, 9.17) is 8.37 Å². The molecule has 156 valence electrons. The lowest BCUT2D eigenvalue weighted by molar-refractivity contribution is 0.0769. The third-order valence-corrected chi connectivity index (χ3v) is 6.60. The fourth-order valence-electron chi connectivity index (χ4n) is 4.45. The fraction of sp³-hybridized carbons (Fsp3) is 0.263. The Morgan fingerprint density at radius 3 is 2.03 bits per heavy atom. The summed E-state index contributed by atoms with van der Waals surface area (Å²) in [6, 6.07) is 9.29. The standard InChI is InChI=1S/C19H15NO8S2/c1-29(23,24)27-18-9-13-14(19(18,20-18)28-30(2,25)26)8-7-12-15(13)17(22)11-6-4-3-5-10(11)16(12)21/h3-8,20H,9H2,1-2H3/t18-,19+/m0/s1. The van der Waals surface area contributed by atoms with Gasteiger partial charge in [-0.25, -0.2) is 13.7 Å². The van der Waals surface area contributed by atoms with Crippen molar-refractivity contribution in [3.8, 4) is 0 Å². The van der Waals surface area contributed by atoms with Crippen LogP contribution in [0.15, 0.2) is 36.4 Å². The average molecular weight is 449 g/mol. The lowest BCUT2D eigenvalue weighted by Crippen LogP contribution is -2.30. The maximum absolute atomic E-state index is 13.2. The number of benzene rings is 2. The van der Waals surface area contributed by atoms with Crippen molar-refractivity contribution in [1.82, 2.24) is 5.32 Å². The minimum absolute atomic E-state index is 0.109. The van der Waals surface area contributed by atoms with Crippen LogP contribution in [0.25, 0.3) is 0 Å². The van der Waals surface area contributed by atoms with Gasteiger partial charge in [-0.1, -0.05) is 30.3 Å². The average Bonchev–Trinajstić information content (AvgIpc) is 3.12. The van der Waals surface area contributed by atoms with E-state index >= 15 is 0 Å². The predicted molar refractivity (Wildman–Crippen MR) is 103 cm³/mol. The van der Waals surface area contributed by atoms with Gasteiger partial charge in [0.15, 0.2) is 17.3 Å². The number of carbonyl (C=O) groups is 2. The molecule has 2 aromatic rings. The first-order valence-corrected chi connectivity index (χ1v) is 12.5. The van der Waals surface area contributed by atoms with Gasteiger partial charge < -0.3 is 0 Å². The Hall–Kier alpha value is -2.44. The van der Waals surface area contributed by atoms with Crippen LogP contribution in [0.2, 0.25) is 0 Å². The molecule has 9 nitrogen and oxygen atoms in total. The Morgan fingerprint density at radius 2 is 1.43 bits per heavy atom. The van der Waals surface area contributed by atoms with E-state index in [1.54, 1.807) is 18.2 Å². The maximum Gasteiger partial charge on any atom is 0.266 e. The molecule has 1 N–H and O–H groups in total. The van der Waals surface area contributed by atoms with Crippen LogP contribution in [0.3, 0.4) is 0 Å². The largest absolute Gasteiger partial charge is 0.289 e. The monoisotopic (exact) mass is 449 g/mol. The third kappa shape index (κ3) is 2.56. The van der Waals surface area contributed by atoms with Crippen molar-refractivity contribution in [3.63, 3.8) is 0 Å². The first-order valence-electron chi connectivity index (χ1n) is 8.83. The summed E-state index contributed by atoms with van der Waals surface area (Å²) < 4.78 is 58.0. The summed E-state index contributed by atoms with van der Waals surface area (Å²) in [5.74, 6) is -0.741. The third-order valence-electron chi connectivity index (χ3n) is 5.46. The Balaban J connectivity index is 1.73. The first-order chi connectivity index (χ1) is 13.9. The lowest BCUT2D eigenvalue weighted by Gasteiger charge is -2.22. The van der Waals surface area contributed by atoms with E-state index in [0.717, 1.165) is 12.5 Å². The van der Waals surface area contributed by atoms with E-state index in [1.807, 2.05) is 0 Å². The van der Waals surface area contributed by atoms with Gasteiger partial charge in [-0.15, -0.1) is 0 Å². The van der Waals surface area contributed by atoms with Gasteiger partial charge in [-0.2, -0.15) is 16.8 Å². The maximum atomic E-state index is 13.2. The molecule has 0 aromatic heterocycles. The second kappa shape index (κ2) is 5.62. The van der Waals surface area contributed by atoms with Crippen LogP contribution < -0.4 is 5.32 Å². The molecule has 30 heavy (non-hydrogen) atoms. The summed E-state index contributed by atoms with van der Waals surface area (Å²) in [4.78, 5) is 26.2.